The van der Waals surface area contributed by atoms with Crippen molar-refractivity contribution < 1.29 is 14.3 Å². The summed E-state index contributed by atoms with van der Waals surface area (Å²) in [6, 6.07) is 6.88. The van der Waals surface area contributed by atoms with Crippen molar-refractivity contribution in [2.45, 2.75) is 52.1 Å². The molecule has 0 bridgehead atoms. The molecule has 4 nitrogen and oxygen atoms in total. The van der Waals surface area contributed by atoms with E-state index in [2.05, 4.69) is 5.32 Å². The van der Waals surface area contributed by atoms with Gasteiger partial charge in [0, 0.05) is 4.88 Å². The molecule has 0 radical (unpaired) electrons. The zero-order valence-corrected chi connectivity index (χ0v) is 16.5. The standard InChI is InChI=1S/C20H22ClNO3S/c1-12(2)25-20(24)17-14-9-4-3-5-11-16(14)26-19(17)22-18(23)13-8-6-7-10-15(13)21/h6-8,10,12H,3-5,9,11H2,1-2H3,(H,22,23). The minimum absolute atomic E-state index is 0.212. The molecule has 1 aromatic carbocycles. The van der Waals surface area contributed by atoms with Gasteiger partial charge in [0.2, 0.25) is 0 Å². The quantitative estimate of drug-likeness (QED) is 0.554. The Morgan fingerprint density at radius 1 is 1.15 bits per heavy atom. The van der Waals surface area contributed by atoms with Crippen LogP contribution in [0.3, 0.4) is 0 Å². The lowest BCUT2D eigenvalue weighted by molar-refractivity contribution is 0.0378. The zero-order chi connectivity index (χ0) is 18.7. The third-order valence-electron chi connectivity index (χ3n) is 4.31. The van der Waals surface area contributed by atoms with E-state index in [1.807, 2.05) is 13.8 Å². The summed E-state index contributed by atoms with van der Waals surface area (Å²) in [5.74, 6) is -0.681. The van der Waals surface area contributed by atoms with Gasteiger partial charge in [-0.25, -0.2) is 4.79 Å². The molecule has 0 saturated heterocycles. The molecule has 26 heavy (non-hydrogen) atoms. The number of carbonyl (C=O) groups is 2. The molecule has 3 rings (SSSR count). The van der Waals surface area contributed by atoms with E-state index in [0.29, 0.717) is 21.2 Å². The summed E-state index contributed by atoms with van der Waals surface area (Å²) in [5, 5.41) is 3.84. The van der Waals surface area contributed by atoms with Crippen LogP contribution in [0.2, 0.25) is 5.02 Å². The fourth-order valence-corrected chi connectivity index (χ4v) is 4.63. The van der Waals surface area contributed by atoms with Gasteiger partial charge in [0.25, 0.3) is 5.91 Å². The Bertz CT molecular complexity index is 828. The highest BCUT2D eigenvalue weighted by Gasteiger charge is 2.27. The van der Waals surface area contributed by atoms with Crippen molar-refractivity contribution in [3.63, 3.8) is 0 Å². The molecule has 1 aliphatic rings. The van der Waals surface area contributed by atoms with Crippen LogP contribution in [0.5, 0.6) is 0 Å². The molecule has 6 heteroatoms. The van der Waals surface area contributed by atoms with Crippen LogP contribution in [-0.4, -0.2) is 18.0 Å². The van der Waals surface area contributed by atoms with Crippen LogP contribution in [0.25, 0.3) is 0 Å². The van der Waals surface area contributed by atoms with Gasteiger partial charge >= 0.3 is 5.97 Å². The van der Waals surface area contributed by atoms with Gasteiger partial charge in [-0.3, -0.25) is 4.79 Å². The summed E-state index contributed by atoms with van der Waals surface area (Å²) in [5.41, 5.74) is 1.94. The Hall–Kier alpha value is -1.85. The number of anilines is 1. The van der Waals surface area contributed by atoms with Gasteiger partial charge in [0.05, 0.1) is 22.3 Å². The monoisotopic (exact) mass is 391 g/mol. The largest absolute Gasteiger partial charge is 0.459 e. The summed E-state index contributed by atoms with van der Waals surface area (Å²) in [7, 11) is 0. The lowest BCUT2D eigenvalue weighted by Gasteiger charge is -2.12. The topological polar surface area (TPSA) is 55.4 Å². The van der Waals surface area contributed by atoms with Crippen LogP contribution >= 0.6 is 22.9 Å². The first-order valence-corrected chi connectivity index (χ1v) is 10.1. The van der Waals surface area contributed by atoms with E-state index in [1.54, 1.807) is 24.3 Å². The highest BCUT2D eigenvalue weighted by molar-refractivity contribution is 7.17. The number of esters is 1. The Labute approximate surface area is 162 Å². The third kappa shape index (κ3) is 4.10. The Morgan fingerprint density at radius 3 is 2.62 bits per heavy atom. The maximum atomic E-state index is 12.7. The summed E-state index contributed by atoms with van der Waals surface area (Å²) in [6.07, 6.45) is 4.87. The van der Waals surface area contributed by atoms with Crippen molar-refractivity contribution in [1.82, 2.24) is 0 Å². The van der Waals surface area contributed by atoms with Gasteiger partial charge < -0.3 is 10.1 Å². The van der Waals surface area contributed by atoms with Gasteiger partial charge in [-0.2, -0.15) is 0 Å². The third-order valence-corrected chi connectivity index (χ3v) is 5.85. The molecule has 0 spiro atoms. The first kappa shape index (κ1) is 18.9. The van der Waals surface area contributed by atoms with E-state index in [1.165, 1.54) is 16.2 Å². The van der Waals surface area contributed by atoms with Crippen molar-refractivity contribution in [1.29, 1.82) is 0 Å². The molecule has 0 fully saturated rings. The number of halogens is 1. The van der Waals surface area contributed by atoms with Crippen LogP contribution < -0.4 is 5.32 Å². The first-order valence-electron chi connectivity index (χ1n) is 8.88. The van der Waals surface area contributed by atoms with Gasteiger partial charge in [-0.05, 0) is 57.2 Å². The Balaban J connectivity index is 1.96. The van der Waals surface area contributed by atoms with Gasteiger partial charge in [-0.1, -0.05) is 30.2 Å². The fourth-order valence-electron chi connectivity index (χ4n) is 3.14. The minimum Gasteiger partial charge on any atom is -0.459 e. The van der Waals surface area contributed by atoms with E-state index in [0.717, 1.165) is 37.7 Å². The van der Waals surface area contributed by atoms with E-state index < -0.39 is 0 Å². The highest BCUT2D eigenvalue weighted by atomic mass is 35.5. The molecule has 0 atom stereocenters. The van der Waals surface area contributed by atoms with Gasteiger partial charge in [0.15, 0.2) is 0 Å². The van der Waals surface area contributed by atoms with Crippen LogP contribution in [-0.2, 0) is 17.6 Å². The molecule has 0 aliphatic heterocycles. The minimum atomic E-state index is -0.367. The van der Waals surface area contributed by atoms with Crippen LogP contribution in [0.15, 0.2) is 24.3 Å². The normalized spacial score (nSPS) is 13.8. The summed E-state index contributed by atoms with van der Waals surface area (Å²) in [4.78, 5) is 26.6. The maximum Gasteiger partial charge on any atom is 0.341 e. The van der Waals surface area contributed by atoms with Crippen molar-refractivity contribution in [3.05, 3.63) is 50.9 Å². The van der Waals surface area contributed by atoms with E-state index in [4.69, 9.17) is 16.3 Å². The fraction of sp³-hybridized carbons (Fsp3) is 0.400. The average Bonchev–Trinajstić information content (AvgIpc) is 2.75. The van der Waals surface area contributed by atoms with Gasteiger partial charge in [0.1, 0.15) is 5.00 Å². The molecule has 1 amide bonds. The zero-order valence-electron chi connectivity index (χ0n) is 14.9. The van der Waals surface area contributed by atoms with Crippen molar-refractivity contribution in [2.75, 3.05) is 5.32 Å². The highest BCUT2D eigenvalue weighted by Crippen LogP contribution is 2.38. The Morgan fingerprint density at radius 2 is 1.88 bits per heavy atom. The first-order chi connectivity index (χ1) is 12.5. The number of carbonyl (C=O) groups excluding carboxylic acids is 2. The van der Waals surface area contributed by atoms with Gasteiger partial charge in [-0.15, -0.1) is 11.3 Å². The SMILES string of the molecule is CC(C)OC(=O)c1c(NC(=O)c2ccccc2Cl)sc2c1CCCCC2. The number of rotatable bonds is 4. The number of aryl methyl sites for hydroxylation is 1. The molecule has 0 saturated carbocycles. The van der Waals surface area contributed by atoms with Crippen LogP contribution in [0.4, 0.5) is 5.00 Å². The Kier molecular flexibility index (Phi) is 5.99. The van der Waals surface area contributed by atoms with E-state index in [9.17, 15) is 9.59 Å². The number of thiophene rings is 1. The average molecular weight is 392 g/mol. The second-order valence-corrected chi connectivity index (χ2v) is 8.17. The smallest absolute Gasteiger partial charge is 0.341 e. The van der Waals surface area contributed by atoms with E-state index in [-0.39, 0.29) is 18.0 Å². The molecular formula is C20H22ClNO3S. The molecule has 1 heterocycles. The van der Waals surface area contributed by atoms with Crippen molar-refractivity contribution in [2.24, 2.45) is 0 Å². The van der Waals surface area contributed by atoms with Crippen LogP contribution in [0.1, 0.15) is 64.3 Å². The lowest BCUT2D eigenvalue weighted by Crippen LogP contribution is -2.17. The number of benzene rings is 1. The number of ether oxygens (including phenoxy) is 1. The number of amides is 1. The molecule has 0 unspecified atom stereocenters. The number of nitrogens with one attached hydrogen (secondary N) is 1. The summed E-state index contributed by atoms with van der Waals surface area (Å²) >= 11 is 7.61. The molecule has 138 valence electrons. The second kappa shape index (κ2) is 8.23. The maximum absolute atomic E-state index is 12.7. The summed E-state index contributed by atoms with van der Waals surface area (Å²) in [6.45, 7) is 3.65. The van der Waals surface area contributed by atoms with E-state index >= 15 is 0 Å². The number of hydrogen-bond acceptors (Lipinski definition) is 4. The predicted molar refractivity (Wildman–Crippen MR) is 106 cm³/mol. The lowest BCUT2D eigenvalue weighted by atomic mass is 10.1. The molecular weight excluding hydrogens is 370 g/mol. The summed E-state index contributed by atoms with van der Waals surface area (Å²) < 4.78 is 5.44. The number of fused-ring (bicyclic) bond motifs is 1. The molecule has 1 aromatic heterocycles. The molecule has 1 N–H and O–H groups in total. The van der Waals surface area contributed by atoms with Crippen molar-refractivity contribution >= 4 is 39.8 Å². The molecule has 2 aromatic rings. The number of hydrogen-bond donors (Lipinski definition) is 1. The van der Waals surface area contributed by atoms with Crippen molar-refractivity contribution in [3.8, 4) is 0 Å². The predicted octanol–water partition coefficient (Wildman–Crippen LogP) is 5.49. The molecule has 1 aliphatic carbocycles. The van der Waals surface area contributed by atoms with Crippen LogP contribution in [0, 0.1) is 0 Å². The second-order valence-electron chi connectivity index (χ2n) is 6.66.